The second kappa shape index (κ2) is 12.3. The molecule has 30 heavy (non-hydrogen) atoms. The van der Waals surface area contributed by atoms with E-state index in [4.69, 9.17) is 9.26 Å². The normalized spacial score (nSPS) is 16.1. The molecule has 166 valence electrons. The van der Waals surface area contributed by atoms with Gasteiger partial charge in [0.15, 0.2) is 5.96 Å². The van der Waals surface area contributed by atoms with Crippen LogP contribution in [0.5, 0.6) is 0 Å². The molecule has 0 spiro atoms. The van der Waals surface area contributed by atoms with Crippen LogP contribution in [0, 0.1) is 13.8 Å². The van der Waals surface area contributed by atoms with Gasteiger partial charge in [0.1, 0.15) is 5.76 Å². The molecule has 1 fully saturated rings. The van der Waals surface area contributed by atoms with E-state index in [1.165, 1.54) is 16.7 Å². The maximum absolute atomic E-state index is 5.46. The van der Waals surface area contributed by atoms with Gasteiger partial charge in [0.2, 0.25) is 0 Å². The quantitative estimate of drug-likeness (QED) is 0.328. The van der Waals surface area contributed by atoms with E-state index in [0.29, 0.717) is 0 Å². The molecule has 2 N–H and O–H groups in total. The van der Waals surface area contributed by atoms with E-state index in [-0.39, 0.29) is 29.9 Å². The third kappa shape index (κ3) is 6.68. The van der Waals surface area contributed by atoms with Gasteiger partial charge in [-0.3, -0.25) is 9.89 Å². The molecule has 1 aliphatic rings. The van der Waals surface area contributed by atoms with E-state index >= 15 is 0 Å². The fourth-order valence-corrected chi connectivity index (χ4v) is 3.83. The lowest BCUT2D eigenvalue weighted by Crippen LogP contribution is -2.39. The molecule has 1 aliphatic heterocycles. The third-order valence-electron chi connectivity index (χ3n) is 5.44. The van der Waals surface area contributed by atoms with Gasteiger partial charge in [-0.05, 0) is 25.0 Å². The van der Waals surface area contributed by atoms with Crippen molar-refractivity contribution in [2.24, 2.45) is 4.99 Å². The Morgan fingerprint density at radius 1 is 1.17 bits per heavy atom. The van der Waals surface area contributed by atoms with Crippen molar-refractivity contribution < 1.29 is 9.26 Å². The fraction of sp³-hybridized carbons (Fsp3) is 0.545. The van der Waals surface area contributed by atoms with E-state index in [2.05, 4.69) is 56.9 Å². The summed E-state index contributed by atoms with van der Waals surface area (Å²) in [5.74, 6) is 1.97. The summed E-state index contributed by atoms with van der Waals surface area (Å²) in [7, 11) is 1.80. The van der Waals surface area contributed by atoms with Crippen LogP contribution in [0.25, 0.3) is 0 Å². The van der Waals surface area contributed by atoms with Crippen LogP contribution in [-0.4, -0.2) is 55.9 Å². The molecule has 8 heteroatoms. The van der Waals surface area contributed by atoms with Crippen molar-refractivity contribution in [3.05, 3.63) is 52.4 Å². The zero-order valence-corrected chi connectivity index (χ0v) is 20.7. The zero-order chi connectivity index (χ0) is 20.6. The molecule has 2 heterocycles. The van der Waals surface area contributed by atoms with Gasteiger partial charge in [-0.15, -0.1) is 24.0 Å². The lowest BCUT2D eigenvalue weighted by Gasteiger charge is -2.27. The lowest BCUT2D eigenvalue weighted by atomic mass is 10.00. The van der Waals surface area contributed by atoms with Crippen molar-refractivity contribution in [1.29, 1.82) is 0 Å². The Hall–Kier alpha value is -1.65. The number of aliphatic imine (C=N–C) groups is 1. The summed E-state index contributed by atoms with van der Waals surface area (Å²) in [5.41, 5.74) is 4.77. The van der Waals surface area contributed by atoms with Gasteiger partial charge in [-0.2, -0.15) is 0 Å². The molecule has 3 rings (SSSR count). The second-order valence-corrected chi connectivity index (χ2v) is 7.60. The van der Waals surface area contributed by atoms with Crippen LogP contribution in [-0.2, 0) is 17.8 Å². The number of hydrogen-bond acceptors (Lipinski definition) is 5. The van der Waals surface area contributed by atoms with Crippen LogP contribution in [0.3, 0.4) is 0 Å². The van der Waals surface area contributed by atoms with Crippen LogP contribution in [0.2, 0.25) is 0 Å². The highest BCUT2D eigenvalue weighted by Crippen LogP contribution is 2.22. The lowest BCUT2D eigenvalue weighted by molar-refractivity contribution is 0.0341. The third-order valence-corrected chi connectivity index (χ3v) is 5.44. The van der Waals surface area contributed by atoms with Crippen LogP contribution in [0.4, 0.5) is 0 Å². The molecule has 2 aromatic rings. The Bertz CT molecular complexity index is 798. The van der Waals surface area contributed by atoms with Crippen LogP contribution in [0.1, 0.15) is 41.0 Å². The van der Waals surface area contributed by atoms with Gasteiger partial charge in [0.05, 0.1) is 18.9 Å². The minimum atomic E-state index is 0. The minimum absolute atomic E-state index is 0. The van der Waals surface area contributed by atoms with Gasteiger partial charge in [0, 0.05) is 51.3 Å². The number of hydrogen-bond donors (Lipinski definition) is 2. The van der Waals surface area contributed by atoms with E-state index in [1.54, 1.807) is 7.05 Å². The fourth-order valence-electron chi connectivity index (χ4n) is 3.83. The number of halogens is 1. The van der Waals surface area contributed by atoms with Crippen molar-refractivity contribution >= 4 is 29.9 Å². The van der Waals surface area contributed by atoms with E-state index < -0.39 is 0 Å². The first kappa shape index (κ1) is 24.6. The Morgan fingerprint density at radius 2 is 1.87 bits per heavy atom. The highest BCUT2D eigenvalue weighted by atomic mass is 127. The summed E-state index contributed by atoms with van der Waals surface area (Å²) >= 11 is 0. The Balaban J connectivity index is 0.00000320. The molecular formula is C22H34IN5O2. The maximum atomic E-state index is 5.46. The average Bonchev–Trinajstić information content (AvgIpc) is 3.08. The number of aryl methyl sites for hydroxylation is 2. The molecule has 0 aliphatic carbocycles. The maximum Gasteiger partial charge on any atom is 0.191 e. The van der Waals surface area contributed by atoms with Gasteiger partial charge in [0.25, 0.3) is 0 Å². The molecule has 7 nitrogen and oxygen atoms in total. The smallest absolute Gasteiger partial charge is 0.191 e. The number of rotatable bonds is 7. The van der Waals surface area contributed by atoms with Crippen molar-refractivity contribution in [2.45, 2.75) is 39.8 Å². The molecule has 0 radical (unpaired) electrons. The number of aromatic nitrogens is 1. The molecule has 1 aromatic carbocycles. The topological polar surface area (TPSA) is 74.9 Å². The predicted octanol–water partition coefficient (Wildman–Crippen LogP) is 3.21. The Kier molecular flexibility index (Phi) is 10.1. The molecule has 1 aromatic heterocycles. The minimum Gasteiger partial charge on any atom is -0.379 e. The van der Waals surface area contributed by atoms with Gasteiger partial charge in [-0.25, -0.2) is 0 Å². The summed E-state index contributed by atoms with van der Waals surface area (Å²) in [6.45, 7) is 12.2. The SMILES string of the molecule is CN=C(NCc1ccccc1CN1CCOCC1)NCC(C)c1c(C)noc1C.I. The number of morpholine rings is 1. The van der Waals surface area contributed by atoms with Gasteiger partial charge < -0.3 is 19.9 Å². The number of ether oxygens (including phenoxy) is 1. The summed E-state index contributed by atoms with van der Waals surface area (Å²) in [5, 5.41) is 10.9. The van der Waals surface area contributed by atoms with Crippen molar-refractivity contribution in [3.8, 4) is 0 Å². The monoisotopic (exact) mass is 527 g/mol. The van der Waals surface area contributed by atoms with E-state index in [9.17, 15) is 0 Å². The highest BCUT2D eigenvalue weighted by Gasteiger charge is 2.17. The first-order valence-corrected chi connectivity index (χ1v) is 10.3. The Labute approximate surface area is 196 Å². The molecular weight excluding hydrogens is 493 g/mol. The number of benzene rings is 1. The summed E-state index contributed by atoms with van der Waals surface area (Å²) in [6.07, 6.45) is 0. The van der Waals surface area contributed by atoms with Crippen molar-refractivity contribution in [1.82, 2.24) is 20.7 Å². The Morgan fingerprint density at radius 3 is 2.50 bits per heavy atom. The number of nitrogens with zero attached hydrogens (tertiary/aromatic N) is 3. The van der Waals surface area contributed by atoms with Crippen LogP contribution < -0.4 is 10.6 Å². The summed E-state index contributed by atoms with van der Waals surface area (Å²) < 4.78 is 10.8. The number of nitrogens with one attached hydrogen (secondary N) is 2. The average molecular weight is 527 g/mol. The highest BCUT2D eigenvalue weighted by molar-refractivity contribution is 14.0. The van der Waals surface area contributed by atoms with Crippen molar-refractivity contribution in [2.75, 3.05) is 39.9 Å². The number of guanidine groups is 1. The summed E-state index contributed by atoms with van der Waals surface area (Å²) in [4.78, 5) is 6.82. The van der Waals surface area contributed by atoms with Crippen LogP contribution >= 0.6 is 24.0 Å². The largest absolute Gasteiger partial charge is 0.379 e. The van der Waals surface area contributed by atoms with Crippen molar-refractivity contribution in [3.63, 3.8) is 0 Å². The second-order valence-electron chi connectivity index (χ2n) is 7.60. The summed E-state index contributed by atoms with van der Waals surface area (Å²) in [6, 6.07) is 8.60. The first-order chi connectivity index (χ1) is 14.1. The molecule has 0 saturated carbocycles. The molecule has 1 saturated heterocycles. The standard InChI is InChI=1S/C22H33N5O2.HI/c1-16(21-17(2)26-29-18(21)3)13-24-22(23-4)25-14-19-7-5-6-8-20(19)15-27-9-11-28-12-10-27;/h5-8,16H,9-15H2,1-4H3,(H2,23,24,25);1H. The molecule has 1 atom stereocenters. The van der Waals surface area contributed by atoms with Crippen LogP contribution in [0.15, 0.2) is 33.8 Å². The predicted molar refractivity (Wildman–Crippen MR) is 131 cm³/mol. The molecule has 0 amide bonds. The first-order valence-electron chi connectivity index (χ1n) is 10.3. The molecule has 0 bridgehead atoms. The van der Waals surface area contributed by atoms with Gasteiger partial charge >= 0.3 is 0 Å². The van der Waals surface area contributed by atoms with Gasteiger partial charge in [-0.1, -0.05) is 36.3 Å². The zero-order valence-electron chi connectivity index (χ0n) is 18.4. The van der Waals surface area contributed by atoms with E-state index in [0.717, 1.165) is 63.4 Å². The molecule has 1 unspecified atom stereocenters. The van der Waals surface area contributed by atoms with E-state index in [1.807, 2.05) is 13.8 Å².